The number of nitrogens with one attached hydrogen (secondary N) is 1. The first-order valence-corrected chi connectivity index (χ1v) is 9.25. The largest absolute Gasteiger partial charge is 0.346 e. The Morgan fingerprint density at radius 1 is 1.27 bits per heavy atom. The molecule has 132 valence electrons. The molecular weight excluding hydrogens is 346 g/mol. The second kappa shape index (κ2) is 6.76. The van der Waals surface area contributed by atoms with E-state index in [1.165, 1.54) is 0 Å². The topological polar surface area (TPSA) is 64.2 Å². The quantitative estimate of drug-likeness (QED) is 0.591. The number of imidazole rings is 1. The van der Waals surface area contributed by atoms with Crippen LogP contribution in [-0.4, -0.2) is 24.8 Å². The smallest absolute Gasteiger partial charge is 0.253 e. The molecule has 26 heavy (non-hydrogen) atoms. The molecule has 4 aromatic rings. The van der Waals surface area contributed by atoms with Gasteiger partial charge in [-0.05, 0) is 32.0 Å². The first kappa shape index (κ1) is 16.5. The van der Waals surface area contributed by atoms with Crippen LogP contribution in [-0.2, 0) is 13.1 Å². The van der Waals surface area contributed by atoms with Crippen LogP contribution in [0.2, 0.25) is 0 Å². The summed E-state index contributed by atoms with van der Waals surface area (Å²) in [7, 11) is 0. The number of carbonyl (C=O) groups is 1. The molecule has 0 aliphatic heterocycles. The van der Waals surface area contributed by atoms with Crippen LogP contribution in [0.1, 0.15) is 33.1 Å². The van der Waals surface area contributed by atoms with Crippen LogP contribution in [0.5, 0.6) is 0 Å². The number of rotatable bonds is 5. The highest BCUT2D eigenvalue weighted by Gasteiger charge is 2.16. The second-order valence-electron chi connectivity index (χ2n) is 6.20. The number of nitrogens with zero attached hydrogens (tertiary/aromatic N) is 4. The Balaban J connectivity index is 1.49. The second-order valence-corrected chi connectivity index (χ2v) is 7.07. The number of carbonyl (C=O) groups excluding carboxylic acids is 1. The molecule has 7 heteroatoms. The SMILES string of the molecule is Cc1cc(C(=O)NCc2cn3ccsc3n2)c(C)n1Cc1ccccn1. The first-order chi connectivity index (χ1) is 12.6. The van der Waals surface area contributed by atoms with Gasteiger partial charge < -0.3 is 9.88 Å². The number of pyridine rings is 1. The van der Waals surface area contributed by atoms with Crippen LogP contribution in [0.15, 0.2) is 48.2 Å². The van der Waals surface area contributed by atoms with Crippen molar-refractivity contribution >= 4 is 22.2 Å². The van der Waals surface area contributed by atoms with Crippen LogP contribution in [0.25, 0.3) is 4.96 Å². The van der Waals surface area contributed by atoms with Crippen LogP contribution in [0.4, 0.5) is 0 Å². The Bertz CT molecular complexity index is 1030. The van der Waals surface area contributed by atoms with Crippen LogP contribution in [0.3, 0.4) is 0 Å². The minimum atomic E-state index is -0.0817. The third kappa shape index (κ3) is 3.13. The third-order valence-corrected chi connectivity index (χ3v) is 5.21. The summed E-state index contributed by atoms with van der Waals surface area (Å²) in [4.78, 5) is 22.4. The summed E-state index contributed by atoms with van der Waals surface area (Å²) >= 11 is 1.58. The number of aromatic nitrogens is 4. The Morgan fingerprint density at radius 3 is 2.92 bits per heavy atom. The van der Waals surface area contributed by atoms with Crippen molar-refractivity contribution in [1.82, 2.24) is 24.3 Å². The van der Waals surface area contributed by atoms with Gasteiger partial charge in [0.25, 0.3) is 5.91 Å². The van der Waals surface area contributed by atoms with E-state index in [4.69, 9.17) is 0 Å². The van der Waals surface area contributed by atoms with E-state index in [9.17, 15) is 4.79 Å². The van der Waals surface area contributed by atoms with Crippen molar-refractivity contribution in [3.05, 3.63) is 76.6 Å². The molecule has 0 saturated carbocycles. The van der Waals surface area contributed by atoms with Gasteiger partial charge >= 0.3 is 0 Å². The highest BCUT2D eigenvalue weighted by molar-refractivity contribution is 7.15. The third-order valence-electron chi connectivity index (χ3n) is 4.44. The summed E-state index contributed by atoms with van der Waals surface area (Å²) in [5.74, 6) is -0.0817. The molecule has 6 nitrogen and oxygen atoms in total. The lowest BCUT2D eigenvalue weighted by atomic mass is 10.2. The first-order valence-electron chi connectivity index (χ1n) is 8.38. The Hall–Kier alpha value is -2.93. The molecular formula is C19H19N5OS. The minimum absolute atomic E-state index is 0.0817. The van der Waals surface area contributed by atoms with E-state index in [1.54, 1.807) is 17.5 Å². The van der Waals surface area contributed by atoms with E-state index in [-0.39, 0.29) is 5.91 Å². The molecule has 4 heterocycles. The minimum Gasteiger partial charge on any atom is -0.346 e. The molecule has 0 aliphatic rings. The van der Waals surface area contributed by atoms with Crippen molar-refractivity contribution in [2.45, 2.75) is 26.9 Å². The number of thiazole rings is 1. The highest BCUT2D eigenvalue weighted by atomic mass is 32.1. The molecule has 1 N–H and O–H groups in total. The summed E-state index contributed by atoms with van der Waals surface area (Å²) in [5, 5.41) is 4.96. The maximum atomic E-state index is 12.6. The van der Waals surface area contributed by atoms with E-state index in [0.29, 0.717) is 18.7 Å². The normalized spacial score (nSPS) is 11.2. The van der Waals surface area contributed by atoms with Crippen molar-refractivity contribution in [3.63, 3.8) is 0 Å². The van der Waals surface area contributed by atoms with Crippen molar-refractivity contribution in [2.24, 2.45) is 0 Å². The number of fused-ring (bicyclic) bond motifs is 1. The van der Waals surface area contributed by atoms with Gasteiger partial charge in [-0.25, -0.2) is 4.98 Å². The van der Waals surface area contributed by atoms with E-state index in [1.807, 2.05) is 60.3 Å². The molecule has 0 spiro atoms. The van der Waals surface area contributed by atoms with Gasteiger partial charge in [0.15, 0.2) is 4.96 Å². The fourth-order valence-electron chi connectivity index (χ4n) is 3.06. The van der Waals surface area contributed by atoms with E-state index in [2.05, 4.69) is 19.9 Å². The molecule has 0 aliphatic carbocycles. The van der Waals surface area contributed by atoms with Gasteiger partial charge in [-0.15, -0.1) is 11.3 Å². The van der Waals surface area contributed by atoms with Gasteiger partial charge in [-0.3, -0.25) is 14.2 Å². The zero-order valence-electron chi connectivity index (χ0n) is 14.6. The lowest BCUT2D eigenvalue weighted by Crippen LogP contribution is -2.23. The summed E-state index contributed by atoms with van der Waals surface area (Å²) in [6, 6.07) is 7.79. The van der Waals surface area contributed by atoms with Crippen LogP contribution in [0, 0.1) is 13.8 Å². The highest BCUT2D eigenvalue weighted by Crippen LogP contribution is 2.17. The molecule has 0 bridgehead atoms. The van der Waals surface area contributed by atoms with Crippen LogP contribution >= 0.6 is 11.3 Å². The zero-order chi connectivity index (χ0) is 18.1. The van der Waals surface area contributed by atoms with Gasteiger partial charge in [0.05, 0.1) is 30.0 Å². The van der Waals surface area contributed by atoms with Crippen LogP contribution < -0.4 is 5.32 Å². The Labute approximate surface area is 155 Å². The number of hydrogen-bond acceptors (Lipinski definition) is 4. The van der Waals surface area contributed by atoms with Gasteiger partial charge in [-0.2, -0.15) is 0 Å². The fraction of sp³-hybridized carbons (Fsp3) is 0.211. The number of aryl methyl sites for hydroxylation is 1. The average molecular weight is 365 g/mol. The van der Waals surface area contributed by atoms with Crippen molar-refractivity contribution < 1.29 is 4.79 Å². The van der Waals surface area contributed by atoms with E-state index in [0.717, 1.165) is 27.7 Å². The van der Waals surface area contributed by atoms with Crippen molar-refractivity contribution in [1.29, 1.82) is 0 Å². The van der Waals surface area contributed by atoms with Crippen molar-refractivity contribution in [2.75, 3.05) is 0 Å². The molecule has 0 atom stereocenters. The molecule has 4 rings (SSSR count). The number of amides is 1. The molecule has 0 saturated heterocycles. The molecule has 0 radical (unpaired) electrons. The molecule has 0 aromatic carbocycles. The molecule has 4 aromatic heterocycles. The van der Waals surface area contributed by atoms with Gasteiger partial charge in [0.1, 0.15) is 0 Å². The maximum absolute atomic E-state index is 12.6. The summed E-state index contributed by atoms with van der Waals surface area (Å²) in [6.45, 7) is 5.05. The Morgan fingerprint density at radius 2 is 2.15 bits per heavy atom. The van der Waals surface area contributed by atoms with Gasteiger partial charge in [-0.1, -0.05) is 6.07 Å². The summed E-state index contributed by atoms with van der Waals surface area (Å²) in [6.07, 6.45) is 5.69. The summed E-state index contributed by atoms with van der Waals surface area (Å²) in [5.41, 5.74) is 4.50. The molecule has 0 unspecified atom stereocenters. The fourth-order valence-corrected chi connectivity index (χ4v) is 3.77. The van der Waals surface area contributed by atoms with E-state index < -0.39 is 0 Å². The summed E-state index contributed by atoms with van der Waals surface area (Å²) < 4.78 is 4.08. The van der Waals surface area contributed by atoms with Gasteiger partial charge in [0.2, 0.25) is 0 Å². The molecule has 1 amide bonds. The zero-order valence-corrected chi connectivity index (χ0v) is 15.5. The predicted octanol–water partition coefficient (Wildman–Crippen LogP) is 3.19. The maximum Gasteiger partial charge on any atom is 0.253 e. The van der Waals surface area contributed by atoms with Gasteiger partial charge in [0, 0.05) is 35.4 Å². The number of hydrogen-bond donors (Lipinski definition) is 1. The standard InChI is InChI=1S/C19H19N5OS/c1-13-9-17(14(2)24(13)12-15-5-3-4-6-20-15)18(25)21-10-16-11-23-7-8-26-19(23)22-16/h3-9,11H,10,12H2,1-2H3,(H,21,25). The Kier molecular flexibility index (Phi) is 4.30. The lowest BCUT2D eigenvalue weighted by molar-refractivity contribution is 0.0949. The van der Waals surface area contributed by atoms with Crippen molar-refractivity contribution in [3.8, 4) is 0 Å². The lowest BCUT2D eigenvalue weighted by Gasteiger charge is -2.09. The predicted molar refractivity (Wildman–Crippen MR) is 101 cm³/mol. The monoisotopic (exact) mass is 365 g/mol. The average Bonchev–Trinajstić information content (AvgIpc) is 3.30. The molecule has 0 fully saturated rings. The van der Waals surface area contributed by atoms with E-state index >= 15 is 0 Å².